The van der Waals surface area contributed by atoms with Crippen molar-refractivity contribution in [3.8, 4) is 5.75 Å². The maximum atomic E-state index is 12.4. The van der Waals surface area contributed by atoms with E-state index >= 15 is 0 Å². The van der Waals surface area contributed by atoms with Gasteiger partial charge in [-0.05, 0) is 56.2 Å². The fraction of sp³-hybridized carbons (Fsp3) is 0.364. The van der Waals surface area contributed by atoms with Crippen molar-refractivity contribution in [1.29, 1.82) is 0 Å². The zero-order valence-corrected chi connectivity index (χ0v) is 19.4. The second-order valence-electron chi connectivity index (χ2n) is 7.00. The second kappa shape index (κ2) is 10.8. The van der Waals surface area contributed by atoms with Crippen molar-refractivity contribution < 1.29 is 17.9 Å². The number of hydrogen-bond donors (Lipinski definition) is 1. The maximum Gasteiger partial charge on any atom is 0.260 e. The number of aryl methyl sites for hydroxylation is 1. The predicted molar refractivity (Wildman–Crippen MR) is 126 cm³/mol. The first-order chi connectivity index (χ1) is 14.7. The molecule has 0 unspecified atom stereocenters. The zero-order chi connectivity index (χ0) is 23.0. The molecule has 168 valence electrons. The van der Waals surface area contributed by atoms with Gasteiger partial charge in [-0.2, -0.15) is 5.10 Å². The van der Waals surface area contributed by atoms with Gasteiger partial charge in [-0.15, -0.1) is 0 Å². The van der Waals surface area contributed by atoms with Gasteiger partial charge in [0.1, 0.15) is 12.3 Å². The Morgan fingerprint density at radius 2 is 1.77 bits per heavy atom. The molecule has 0 radical (unpaired) electrons. The highest BCUT2D eigenvalue weighted by atomic mass is 32.2. The van der Waals surface area contributed by atoms with E-state index in [4.69, 9.17) is 4.74 Å². The van der Waals surface area contributed by atoms with Gasteiger partial charge in [-0.25, -0.2) is 13.8 Å². The highest BCUT2D eigenvalue weighted by Gasteiger charge is 2.24. The van der Waals surface area contributed by atoms with E-state index < -0.39 is 22.5 Å². The lowest BCUT2D eigenvalue weighted by Crippen LogP contribution is -2.39. The number of nitrogens with one attached hydrogen (secondary N) is 1. The first-order valence-corrected chi connectivity index (χ1v) is 11.8. The number of carbonyl (C=O) groups is 1. The number of rotatable bonds is 10. The van der Waals surface area contributed by atoms with Crippen molar-refractivity contribution in [3.05, 3.63) is 53.6 Å². The van der Waals surface area contributed by atoms with Gasteiger partial charge in [0.2, 0.25) is 10.0 Å². The number of sulfonamides is 1. The summed E-state index contributed by atoms with van der Waals surface area (Å²) in [5, 5.41) is 3.95. The van der Waals surface area contributed by atoms with E-state index in [1.165, 1.54) is 13.3 Å². The first kappa shape index (κ1) is 24.2. The molecule has 2 aromatic rings. The van der Waals surface area contributed by atoms with Gasteiger partial charge in [-0.1, -0.05) is 18.2 Å². The predicted octanol–water partition coefficient (Wildman–Crippen LogP) is 2.77. The fourth-order valence-electron chi connectivity index (χ4n) is 3.08. The van der Waals surface area contributed by atoms with Crippen molar-refractivity contribution >= 4 is 33.5 Å². The van der Waals surface area contributed by atoms with E-state index in [0.29, 0.717) is 11.4 Å². The average Bonchev–Trinajstić information content (AvgIpc) is 2.73. The van der Waals surface area contributed by atoms with Crippen LogP contribution in [0.4, 0.5) is 11.4 Å². The number of hydrogen-bond acceptors (Lipinski definition) is 6. The molecule has 9 heteroatoms. The van der Waals surface area contributed by atoms with Crippen LogP contribution in [0.2, 0.25) is 0 Å². The molecule has 0 aliphatic heterocycles. The van der Waals surface area contributed by atoms with Crippen molar-refractivity contribution in [2.24, 2.45) is 5.10 Å². The number of nitrogens with zero attached hydrogens (tertiary/aromatic N) is 3. The third-order valence-electron chi connectivity index (χ3n) is 4.72. The second-order valence-corrected chi connectivity index (χ2v) is 8.91. The summed E-state index contributed by atoms with van der Waals surface area (Å²) in [5.74, 6) is -0.203. The fourth-order valence-corrected chi connectivity index (χ4v) is 3.93. The van der Waals surface area contributed by atoms with Crippen LogP contribution in [0.15, 0.2) is 47.6 Å². The summed E-state index contributed by atoms with van der Waals surface area (Å²) in [7, 11) is -2.27. The third kappa shape index (κ3) is 6.71. The molecule has 8 nitrogen and oxygen atoms in total. The number of amides is 1. The van der Waals surface area contributed by atoms with Gasteiger partial charge in [0.15, 0.2) is 0 Å². The van der Waals surface area contributed by atoms with Gasteiger partial charge in [0.05, 0.1) is 25.3 Å². The molecule has 0 aliphatic rings. The van der Waals surface area contributed by atoms with Crippen LogP contribution in [0.3, 0.4) is 0 Å². The highest BCUT2D eigenvalue weighted by Crippen LogP contribution is 2.30. The minimum Gasteiger partial charge on any atom is -0.495 e. The molecule has 0 aromatic heterocycles. The van der Waals surface area contributed by atoms with E-state index in [1.54, 1.807) is 18.2 Å². The van der Waals surface area contributed by atoms with Crippen molar-refractivity contribution in [1.82, 2.24) is 5.43 Å². The SMILES string of the molecule is CCN(CC)c1ccc(/C=N/NC(=O)CN(c2cc(C)ccc2OC)S(C)(=O)=O)cc1. The van der Waals surface area contributed by atoms with Gasteiger partial charge in [0.25, 0.3) is 5.91 Å². The molecule has 2 rings (SSSR count). The van der Waals surface area contributed by atoms with E-state index in [1.807, 2.05) is 31.2 Å². The molecule has 0 atom stereocenters. The summed E-state index contributed by atoms with van der Waals surface area (Å²) in [6.45, 7) is 7.45. The molecule has 1 N–H and O–H groups in total. The number of carbonyl (C=O) groups excluding carboxylic acids is 1. The van der Waals surface area contributed by atoms with Gasteiger partial charge in [0, 0.05) is 18.8 Å². The summed E-state index contributed by atoms with van der Waals surface area (Å²) in [6.07, 6.45) is 2.56. The standard InChI is InChI=1S/C22H30N4O4S/c1-6-25(7-2)19-11-9-18(10-12-19)15-23-24-22(27)16-26(31(5,28)29)20-14-17(3)8-13-21(20)30-4/h8-15H,6-7,16H2,1-5H3,(H,24,27)/b23-15+. The van der Waals surface area contributed by atoms with Crippen molar-refractivity contribution in [2.75, 3.05) is 42.2 Å². The Balaban J connectivity index is 2.10. The lowest BCUT2D eigenvalue weighted by Gasteiger charge is -2.23. The monoisotopic (exact) mass is 446 g/mol. The molecule has 0 spiro atoms. The Bertz CT molecular complexity index is 1020. The number of methoxy groups -OCH3 is 1. The lowest BCUT2D eigenvalue weighted by atomic mass is 10.2. The normalized spacial score (nSPS) is 11.4. The number of anilines is 2. The van der Waals surface area contributed by atoms with Crippen LogP contribution in [0, 0.1) is 6.92 Å². The van der Waals surface area contributed by atoms with E-state index in [2.05, 4.69) is 29.3 Å². The molecule has 1 amide bonds. The number of hydrazone groups is 1. The smallest absolute Gasteiger partial charge is 0.260 e. The van der Waals surface area contributed by atoms with Crippen LogP contribution in [0.1, 0.15) is 25.0 Å². The van der Waals surface area contributed by atoms with Gasteiger partial charge in [-0.3, -0.25) is 9.10 Å². The maximum absolute atomic E-state index is 12.4. The van der Waals surface area contributed by atoms with Gasteiger partial charge >= 0.3 is 0 Å². The summed E-state index contributed by atoms with van der Waals surface area (Å²) in [4.78, 5) is 14.6. The molecule has 0 aliphatic carbocycles. The van der Waals surface area contributed by atoms with Crippen LogP contribution in [0.5, 0.6) is 5.75 Å². The first-order valence-electron chi connectivity index (χ1n) is 9.98. The Labute approximate surface area is 184 Å². The Morgan fingerprint density at radius 1 is 1.13 bits per heavy atom. The molecule has 0 saturated carbocycles. The lowest BCUT2D eigenvalue weighted by molar-refractivity contribution is -0.119. The number of ether oxygens (including phenoxy) is 1. The Morgan fingerprint density at radius 3 is 2.32 bits per heavy atom. The largest absolute Gasteiger partial charge is 0.495 e. The average molecular weight is 447 g/mol. The van der Waals surface area contributed by atoms with Crippen LogP contribution < -0.4 is 19.4 Å². The van der Waals surface area contributed by atoms with Crippen LogP contribution in [-0.4, -0.2) is 53.5 Å². The van der Waals surface area contributed by atoms with Crippen molar-refractivity contribution in [2.45, 2.75) is 20.8 Å². The summed E-state index contributed by atoms with van der Waals surface area (Å²) >= 11 is 0. The van der Waals surface area contributed by atoms with Gasteiger partial charge < -0.3 is 9.64 Å². The number of benzene rings is 2. The minimum absolute atomic E-state index is 0.302. The molecule has 0 heterocycles. The van der Waals surface area contributed by atoms with Crippen LogP contribution >= 0.6 is 0 Å². The van der Waals surface area contributed by atoms with E-state index in [0.717, 1.165) is 40.5 Å². The Kier molecular flexibility index (Phi) is 8.44. The molecule has 0 fully saturated rings. The summed E-state index contributed by atoms with van der Waals surface area (Å²) in [5.41, 5.74) is 5.46. The summed E-state index contributed by atoms with van der Waals surface area (Å²) in [6, 6.07) is 12.9. The summed E-state index contributed by atoms with van der Waals surface area (Å²) < 4.78 is 30.9. The topological polar surface area (TPSA) is 91.3 Å². The highest BCUT2D eigenvalue weighted by molar-refractivity contribution is 7.92. The van der Waals surface area contributed by atoms with Crippen LogP contribution in [-0.2, 0) is 14.8 Å². The van der Waals surface area contributed by atoms with Crippen LogP contribution in [0.25, 0.3) is 0 Å². The third-order valence-corrected chi connectivity index (χ3v) is 5.84. The minimum atomic E-state index is -3.72. The Hall–Kier alpha value is -3.07. The zero-order valence-electron chi connectivity index (χ0n) is 18.6. The molecule has 2 aromatic carbocycles. The molecular weight excluding hydrogens is 416 g/mol. The molecule has 0 saturated heterocycles. The quantitative estimate of drug-likeness (QED) is 0.448. The molecule has 31 heavy (non-hydrogen) atoms. The van der Waals surface area contributed by atoms with E-state index in [-0.39, 0.29) is 0 Å². The van der Waals surface area contributed by atoms with Crippen molar-refractivity contribution in [3.63, 3.8) is 0 Å². The van der Waals surface area contributed by atoms with E-state index in [9.17, 15) is 13.2 Å². The molecular formula is C22H30N4O4S. The molecule has 0 bridgehead atoms.